The Morgan fingerprint density at radius 3 is 3.14 bits per heavy atom. The highest BCUT2D eigenvalue weighted by Crippen LogP contribution is 2.24. The van der Waals surface area contributed by atoms with Crippen molar-refractivity contribution in [1.29, 1.82) is 0 Å². The average molecular weight is 286 g/mol. The highest BCUT2D eigenvalue weighted by atomic mass is 16.5. The van der Waals surface area contributed by atoms with E-state index >= 15 is 0 Å². The second-order valence-corrected chi connectivity index (χ2v) is 5.33. The lowest BCUT2D eigenvalue weighted by molar-refractivity contribution is -0.117. The number of carbonyl (C=O) groups excluding carboxylic acids is 1. The number of benzene rings is 1. The first kappa shape index (κ1) is 13.6. The van der Waals surface area contributed by atoms with Gasteiger partial charge in [0.2, 0.25) is 11.8 Å². The Hall–Kier alpha value is -2.34. The van der Waals surface area contributed by atoms with E-state index in [1.807, 2.05) is 19.1 Å². The Morgan fingerprint density at radius 1 is 1.52 bits per heavy atom. The van der Waals surface area contributed by atoms with E-state index in [1.54, 1.807) is 6.07 Å². The summed E-state index contributed by atoms with van der Waals surface area (Å²) < 4.78 is 4.98. The zero-order valence-electron chi connectivity index (χ0n) is 11.9. The number of aryl methyl sites for hydroxylation is 1. The number of hydrogen-bond acceptors (Lipinski definition) is 5. The van der Waals surface area contributed by atoms with Crippen molar-refractivity contribution in [1.82, 2.24) is 10.1 Å². The first-order chi connectivity index (χ1) is 10.1. The van der Waals surface area contributed by atoms with Gasteiger partial charge in [0.15, 0.2) is 0 Å². The van der Waals surface area contributed by atoms with Gasteiger partial charge in [0.25, 0.3) is 0 Å². The number of nitrogen functional groups attached to an aromatic ring is 1. The number of carbonyl (C=O) groups is 1. The maximum Gasteiger partial charge on any atom is 0.240 e. The summed E-state index contributed by atoms with van der Waals surface area (Å²) in [6.07, 6.45) is 0.912. The van der Waals surface area contributed by atoms with Crippen molar-refractivity contribution < 1.29 is 9.32 Å². The molecular formula is C15H18N4O2. The van der Waals surface area contributed by atoms with Gasteiger partial charge in [-0.1, -0.05) is 17.3 Å². The fourth-order valence-corrected chi connectivity index (χ4v) is 2.60. The number of hydrogen-bond donors (Lipinski definition) is 2. The van der Waals surface area contributed by atoms with E-state index in [-0.39, 0.29) is 5.91 Å². The summed E-state index contributed by atoms with van der Waals surface area (Å²) in [6, 6.07) is 7.67. The van der Waals surface area contributed by atoms with E-state index < -0.39 is 0 Å². The van der Waals surface area contributed by atoms with Gasteiger partial charge in [-0.05, 0) is 30.5 Å². The van der Waals surface area contributed by atoms with Gasteiger partial charge >= 0.3 is 0 Å². The molecule has 1 aromatic heterocycles. The molecule has 0 atom stereocenters. The van der Waals surface area contributed by atoms with Crippen LogP contribution in [0.5, 0.6) is 0 Å². The molecule has 1 aromatic carbocycles. The minimum Gasteiger partial charge on any atom is -0.398 e. The van der Waals surface area contributed by atoms with Crippen molar-refractivity contribution in [2.75, 3.05) is 24.1 Å². The molecular weight excluding hydrogens is 268 g/mol. The molecule has 6 nitrogen and oxygen atoms in total. The van der Waals surface area contributed by atoms with Crippen LogP contribution in [-0.2, 0) is 17.8 Å². The van der Waals surface area contributed by atoms with Gasteiger partial charge in [-0.3, -0.25) is 15.0 Å². The van der Waals surface area contributed by atoms with E-state index in [0.29, 0.717) is 19.0 Å². The van der Waals surface area contributed by atoms with Gasteiger partial charge in [0.1, 0.15) is 0 Å². The third-order valence-corrected chi connectivity index (χ3v) is 3.65. The lowest BCUT2D eigenvalue weighted by Gasteiger charge is -2.28. The molecule has 2 heterocycles. The lowest BCUT2D eigenvalue weighted by atomic mass is 9.98. The van der Waals surface area contributed by atoms with Crippen LogP contribution in [0.15, 0.2) is 28.8 Å². The summed E-state index contributed by atoms with van der Waals surface area (Å²) in [6.45, 7) is 3.67. The number of nitrogens with zero attached hydrogens (tertiary/aromatic N) is 2. The highest BCUT2D eigenvalue weighted by Gasteiger charge is 2.20. The zero-order chi connectivity index (χ0) is 14.8. The molecule has 110 valence electrons. The van der Waals surface area contributed by atoms with Gasteiger partial charge < -0.3 is 10.3 Å². The van der Waals surface area contributed by atoms with Crippen LogP contribution in [-0.4, -0.2) is 29.1 Å². The number of amides is 1. The van der Waals surface area contributed by atoms with E-state index in [0.717, 1.165) is 29.9 Å². The Kier molecular flexibility index (Phi) is 3.62. The van der Waals surface area contributed by atoms with Crippen LogP contribution >= 0.6 is 0 Å². The second-order valence-electron chi connectivity index (χ2n) is 5.33. The molecule has 1 amide bonds. The van der Waals surface area contributed by atoms with Crippen molar-refractivity contribution in [3.05, 3.63) is 41.1 Å². The van der Waals surface area contributed by atoms with Crippen LogP contribution in [0.3, 0.4) is 0 Å². The topological polar surface area (TPSA) is 84.4 Å². The van der Waals surface area contributed by atoms with Crippen molar-refractivity contribution in [2.24, 2.45) is 0 Å². The Morgan fingerprint density at radius 2 is 2.38 bits per heavy atom. The number of aromatic nitrogens is 1. The first-order valence-electron chi connectivity index (χ1n) is 6.93. The Labute approximate surface area is 122 Å². The van der Waals surface area contributed by atoms with Gasteiger partial charge in [0.05, 0.1) is 12.2 Å². The molecule has 0 saturated heterocycles. The van der Waals surface area contributed by atoms with Crippen LogP contribution in [0.1, 0.15) is 16.8 Å². The standard InChI is InChI=1S/C15H18N4O2/c1-10-7-15(21-18-10)17-14(20)9-19-6-5-11-3-2-4-13(16)12(11)8-19/h2-4,7H,5-6,8-9,16H2,1H3,(H,17,20). The van der Waals surface area contributed by atoms with Crippen LogP contribution < -0.4 is 11.1 Å². The van der Waals surface area contributed by atoms with Crippen molar-refractivity contribution in [2.45, 2.75) is 19.9 Å². The predicted octanol–water partition coefficient (Wildman–Crippen LogP) is 1.56. The van der Waals surface area contributed by atoms with E-state index in [9.17, 15) is 4.79 Å². The SMILES string of the molecule is Cc1cc(NC(=O)CN2CCc3cccc(N)c3C2)on1. The molecule has 1 aliphatic heterocycles. The molecule has 0 aliphatic carbocycles. The quantitative estimate of drug-likeness (QED) is 0.837. The van der Waals surface area contributed by atoms with Gasteiger partial charge in [0, 0.05) is 24.8 Å². The molecule has 2 aromatic rings. The van der Waals surface area contributed by atoms with Crippen LogP contribution in [0, 0.1) is 6.92 Å². The Balaban J connectivity index is 1.62. The number of nitrogens with two attached hydrogens (primary N) is 1. The monoisotopic (exact) mass is 286 g/mol. The van der Waals surface area contributed by atoms with Crippen molar-refractivity contribution >= 4 is 17.5 Å². The smallest absolute Gasteiger partial charge is 0.240 e. The van der Waals surface area contributed by atoms with Crippen LogP contribution in [0.25, 0.3) is 0 Å². The van der Waals surface area contributed by atoms with Gasteiger partial charge in [-0.15, -0.1) is 0 Å². The van der Waals surface area contributed by atoms with Crippen LogP contribution in [0.2, 0.25) is 0 Å². The summed E-state index contributed by atoms with van der Waals surface area (Å²) in [5, 5.41) is 6.45. The summed E-state index contributed by atoms with van der Waals surface area (Å²) in [5.41, 5.74) is 9.95. The normalized spacial score (nSPS) is 14.7. The third-order valence-electron chi connectivity index (χ3n) is 3.65. The summed E-state index contributed by atoms with van der Waals surface area (Å²) in [5.74, 6) is 0.276. The molecule has 0 unspecified atom stereocenters. The summed E-state index contributed by atoms with van der Waals surface area (Å²) in [7, 11) is 0. The second kappa shape index (κ2) is 5.57. The fourth-order valence-electron chi connectivity index (χ4n) is 2.60. The van der Waals surface area contributed by atoms with Crippen LogP contribution in [0.4, 0.5) is 11.6 Å². The summed E-state index contributed by atoms with van der Waals surface area (Å²) >= 11 is 0. The minimum atomic E-state index is -0.107. The summed E-state index contributed by atoms with van der Waals surface area (Å²) in [4.78, 5) is 14.1. The van der Waals surface area contributed by atoms with E-state index in [2.05, 4.69) is 21.4 Å². The fraction of sp³-hybridized carbons (Fsp3) is 0.333. The number of rotatable bonds is 3. The van der Waals surface area contributed by atoms with Gasteiger partial charge in [-0.25, -0.2) is 0 Å². The molecule has 1 aliphatic rings. The molecule has 21 heavy (non-hydrogen) atoms. The van der Waals surface area contributed by atoms with Crippen molar-refractivity contribution in [3.63, 3.8) is 0 Å². The molecule has 3 rings (SSSR count). The largest absolute Gasteiger partial charge is 0.398 e. The molecule has 0 radical (unpaired) electrons. The molecule has 0 spiro atoms. The highest BCUT2D eigenvalue weighted by molar-refractivity contribution is 5.91. The zero-order valence-corrected chi connectivity index (χ0v) is 11.9. The molecule has 3 N–H and O–H groups in total. The maximum absolute atomic E-state index is 12.0. The third kappa shape index (κ3) is 3.05. The minimum absolute atomic E-state index is 0.107. The Bertz CT molecular complexity index is 665. The number of fused-ring (bicyclic) bond motifs is 1. The molecule has 6 heteroatoms. The average Bonchev–Trinajstić information content (AvgIpc) is 2.85. The number of anilines is 2. The van der Waals surface area contributed by atoms with E-state index in [1.165, 1.54) is 5.56 Å². The van der Waals surface area contributed by atoms with Gasteiger partial charge in [-0.2, -0.15) is 0 Å². The predicted molar refractivity (Wildman–Crippen MR) is 79.7 cm³/mol. The molecule has 0 bridgehead atoms. The molecule has 0 saturated carbocycles. The first-order valence-corrected chi connectivity index (χ1v) is 6.93. The lowest BCUT2D eigenvalue weighted by Crippen LogP contribution is -2.37. The van der Waals surface area contributed by atoms with Crippen molar-refractivity contribution in [3.8, 4) is 0 Å². The molecule has 0 fully saturated rings. The van der Waals surface area contributed by atoms with E-state index in [4.69, 9.17) is 10.3 Å². The maximum atomic E-state index is 12.0. The number of nitrogens with one attached hydrogen (secondary N) is 1.